The number of aliphatic hydroxyl groups excluding tert-OH is 2. The molecule has 1 aliphatic carbocycles. The molecule has 2 N–H and O–H groups in total. The Hall–Kier alpha value is -1.38. The lowest BCUT2D eigenvalue weighted by Crippen LogP contribution is -2.14. The first-order chi connectivity index (χ1) is 7.74. The molecule has 2 rings (SSSR count). The molecule has 0 amide bonds. The van der Waals surface area contributed by atoms with Gasteiger partial charge in [0.1, 0.15) is 0 Å². The summed E-state index contributed by atoms with van der Waals surface area (Å²) in [6.45, 7) is 3.59. The largest absolute Gasteiger partial charge is 0.389 e. The first-order valence-electron chi connectivity index (χ1n) is 5.47. The average molecular weight is 216 g/mol. The van der Waals surface area contributed by atoms with E-state index < -0.39 is 12.2 Å². The van der Waals surface area contributed by atoms with Gasteiger partial charge in [-0.3, -0.25) is 0 Å². The van der Waals surface area contributed by atoms with Gasteiger partial charge in [0, 0.05) is 5.92 Å². The summed E-state index contributed by atoms with van der Waals surface area (Å²) >= 11 is 0. The fraction of sp³-hybridized carbons (Fsp3) is 0.286. The number of allylic oxidation sites excluding steroid dienone is 2. The lowest BCUT2D eigenvalue weighted by molar-refractivity contribution is 0.191. The number of aliphatic hydroxyl groups is 2. The van der Waals surface area contributed by atoms with Crippen LogP contribution in [0.1, 0.15) is 17.9 Å². The average Bonchev–Trinajstić information content (AvgIpc) is 2.59. The molecule has 0 saturated heterocycles. The second-order valence-corrected chi connectivity index (χ2v) is 4.12. The molecule has 1 aromatic carbocycles. The molecule has 1 saturated carbocycles. The van der Waals surface area contributed by atoms with E-state index in [0.717, 1.165) is 5.56 Å². The van der Waals surface area contributed by atoms with Gasteiger partial charge in [-0.15, -0.1) is 0 Å². The lowest BCUT2D eigenvalue weighted by Gasteiger charge is -2.14. The summed E-state index contributed by atoms with van der Waals surface area (Å²) in [5, 5.41) is 20.0. The summed E-state index contributed by atoms with van der Waals surface area (Å²) in [4.78, 5) is 0. The fourth-order valence-corrected chi connectivity index (χ4v) is 2.30. The second-order valence-electron chi connectivity index (χ2n) is 4.12. The van der Waals surface area contributed by atoms with Crippen LogP contribution < -0.4 is 0 Å². The maximum absolute atomic E-state index is 10.1. The summed E-state index contributed by atoms with van der Waals surface area (Å²) in [5.74, 6) is -0.0117. The number of benzene rings is 1. The third-order valence-electron chi connectivity index (χ3n) is 3.12. The minimum absolute atomic E-state index is 0.0117. The molecule has 0 heterocycles. The second kappa shape index (κ2) is 4.64. The normalized spacial score (nSPS) is 31.9. The predicted molar refractivity (Wildman–Crippen MR) is 64.1 cm³/mol. The van der Waals surface area contributed by atoms with Crippen LogP contribution in [0.4, 0.5) is 0 Å². The Kier molecular flexibility index (Phi) is 3.22. The Morgan fingerprint density at radius 3 is 2.50 bits per heavy atom. The Balaban J connectivity index is 2.27. The molecule has 3 atom stereocenters. The van der Waals surface area contributed by atoms with E-state index in [-0.39, 0.29) is 5.92 Å². The predicted octanol–water partition coefficient (Wildman–Crippen LogP) is 2.01. The van der Waals surface area contributed by atoms with Crippen molar-refractivity contribution in [2.45, 2.75) is 24.5 Å². The van der Waals surface area contributed by atoms with E-state index in [9.17, 15) is 10.2 Å². The highest BCUT2D eigenvalue weighted by atomic mass is 16.3. The maximum Gasteiger partial charge on any atom is 0.0847 e. The van der Waals surface area contributed by atoms with Gasteiger partial charge in [-0.25, -0.2) is 0 Å². The molecule has 1 aromatic rings. The minimum Gasteiger partial charge on any atom is -0.389 e. The molecule has 2 nitrogen and oxygen atoms in total. The van der Waals surface area contributed by atoms with E-state index in [2.05, 4.69) is 6.58 Å². The standard InChI is InChI=1S/C14H16O2/c1-2-6-11-13(15)9-12(14(11)16)10-7-4-3-5-8-10/h2-8,12-16H,1,9H2/b11-6-. The Labute approximate surface area is 95.6 Å². The van der Waals surface area contributed by atoms with Gasteiger partial charge >= 0.3 is 0 Å². The van der Waals surface area contributed by atoms with E-state index >= 15 is 0 Å². The van der Waals surface area contributed by atoms with E-state index in [1.165, 1.54) is 0 Å². The molecule has 84 valence electrons. The Morgan fingerprint density at radius 1 is 1.19 bits per heavy atom. The minimum atomic E-state index is -0.601. The van der Waals surface area contributed by atoms with Crippen LogP contribution in [0.15, 0.2) is 54.6 Å². The van der Waals surface area contributed by atoms with Crippen LogP contribution in [0.25, 0.3) is 0 Å². The molecule has 0 aliphatic heterocycles. The molecule has 2 heteroatoms. The van der Waals surface area contributed by atoms with Crippen molar-refractivity contribution in [2.24, 2.45) is 0 Å². The third kappa shape index (κ3) is 1.94. The first-order valence-corrected chi connectivity index (χ1v) is 5.47. The van der Waals surface area contributed by atoms with Crippen molar-refractivity contribution in [2.75, 3.05) is 0 Å². The molecule has 3 unspecified atom stereocenters. The van der Waals surface area contributed by atoms with Crippen LogP contribution in [0.5, 0.6) is 0 Å². The molecular weight excluding hydrogens is 200 g/mol. The van der Waals surface area contributed by atoms with Gasteiger partial charge in [-0.05, 0) is 17.6 Å². The van der Waals surface area contributed by atoms with Gasteiger partial charge in [0.2, 0.25) is 0 Å². The van der Waals surface area contributed by atoms with E-state index in [4.69, 9.17) is 0 Å². The highest BCUT2D eigenvalue weighted by Gasteiger charge is 2.36. The summed E-state index contributed by atoms with van der Waals surface area (Å²) in [6.07, 6.45) is 2.73. The fourth-order valence-electron chi connectivity index (χ4n) is 2.30. The van der Waals surface area contributed by atoms with Gasteiger partial charge in [-0.2, -0.15) is 0 Å². The van der Waals surface area contributed by atoms with Crippen molar-refractivity contribution >= 4 is 0 Å². The zero-order chi connectivity index (χ0) is 11.5. The lowest BCUT2D eigenvalue weighted by atomic mass is 9.95. The van der Waals surface area contributed by atoms with Crippen LogP contribution in [0, 0.1) is 0 Å². The van der Waals surface area contributed by atoms with Gasteiger partial charge < -0.3 is 10.2 Å². The highest BCUT2D eigenvalue weighted by Crippen LogP contribution is 2.38. The summed E-state index contributed by atoms with van der Waals surface area (Å²) in [6, 6.07) is 9.81. The van der Waals surface area contributed by atoms with Crippen LogP contribution in [0.2, 0.25) is 0 Å². The summed E-state index contributed by atoms with van der Waals surface area (Å²) in [5.41, 5.74) is 1.74. The van der Waals surface area contributed by atoms with Crippen molar-refractivity contribution in [3.63, 3.8) is 0 Å². The highest BCUT2D eigenvalue weighted by molar-refractivity contribution is 5.33. The summed E-state index contributed by atoms with van der Waals surface area (Å²) < 4.78 is 0. The zero-order valence-corrected chi connectivity index (χ0v) is 9.08. The van der Waals surface area contributed by atoms with E-state index in [1.807, 2.05) is 30.3 Å². The first kappa shape index (κ1) is 11.1. The molecule has 16 heavy (non-hydrogen) atoms. The topological polar surface area (TPSA) is 40.5 Å². The van der Waals surface area contributed by atoms with Crippen LogP contribution in [-0.2, 0) is 0 Å². The van der Waals surface area contributed by atoms with Crippen molar-refractivity contribution < 1.29 is 10.2 Å². The van der Waals surface area contributed by atoms with Crippen molar-refractivity contribution in [3.05, 3.63) is 60.2 Å². The zero-order valence-electron chi connectivity index (χ0n) is 9.08. The van der Waals surface area contributed by atoms with E-state index in [1.54, 1.807) is 12.2 Å². The SMILES string of the molecule is C=C/C=C1/C(O)CC(c2ccccc2)C1O. The van der Waals surface area contributed by atoms with Crippen molar-refractivity contribution in [1.29, 1.82) is 0 Å². The van der Waals surface area contributed by atoms with Gasteiger partial charge in [0.05, 0.1) is 12.2 Å². The molecule has 1 aliphatic rings. The quantitative estimate of drug-likeness (QED) is 0.794. The number of hydrogen-bond donors (Lipinski definition) is 2. The number of rotatable bonds is 2. The van der Waals surface area contributed by atoms with Gasteiger partial charge in [0.25, 0.3) is 0 Å². The van der Waals surface area contributed by atoms with Crippen LogP contribution in [0.3, 0.4) is 0 Å². The van der Waals surface area contributed by atoms with Gasteiger partial charge in [0.15, 0.2) is 0 Å². The third-order valence-corrected chi connectivity index (χ3v) is 3.12. The van der Waals surface area contributed by atoms with Crippen molar-refractivity contribution in [1.82, 2.24) is 0 Å². The molecule has 0 spiro atoms. The molecule has 0 bridgehead atoms. The Morgan fingerprint density at radius 2 is 1.88 bits per heavy atom. The Bertz CT molecular complexity index is 394. The molecule has 0 radical (unpaired) electrons. The molecular formula is C14H16O2. The molecule has 0 aromatic heterocycles. The van der Waals surface area contributed by atoms with Crippen LogP contribution >= 0.6 is 0 Å². The van der Waals surface area contributed by atoms with Crippen molar-refractivity contribution in [3.8, 4) is 0 Å². The molecule has 1 fully saturated rings. The monoisotopic (exact) mass is 216 g/mol. The van der Waals surface area contributed by atoms with Crippen LogP contribution in [-0.4, -0.2) is 22.4 Å². The number of hydrogen-bond acceptors (Lipinski definition) is 2. The summed E-state index contributed by atoms with van der Waals surface area (Å²) in [7, 11) is 0. The van der Waals surface area contributed by atoms with Gasteiger partial charge in [-0.1, -0.05) is 49.1 Å². The maximum atomic E-state index is 10.1. The van der Waals surface area contributed by atoms with E-state index in [0.29, 0.717) is 12.0 Å². The smallest absolute Gasteiger partial charge is 0.0847 e.